The Morgan fingerprint density at radius 2 is 2.28 bits per heavy atom. The third-order valence-corrected chi connectivity index (χ3v) is 4.20. The molecule has 1 saturated carbocycles. The Hall–Kier alpha value is -0.830. The number of hydrogen-bond acceptors (Lipinski definition) is 2. The third-order valence-electron chi connectivity index (χ3n) is 4.20. The molecule has 2 N–H and O–H groups in total. The molecule has 2 rings (SSSR count). The molecule has 0 bridgehead atoms. The molecule has 1 fully saturated rings. The quantitative estimate of drug-likeness (QED) is 0.779. The Balaban J connectivity index is 1.79. The molecule has 0 saturated heterocycles. The topological polar surface area (TPSA) is 40.7 Å². The van der Waals surface area contributed by atoms with Crippen molar-refractivity contribution in [2.75, 3.05) is 0 Å². The van der Waals surface area contributed by atoms with Gasteiger partial charge in [0.2, 0.25) is 0 Å². The maximum Gasteiger partial charge on any atom is 0.122 e. The number of aromatic amines is 1. The summed E-state index contributed by atoms with van der Waals surface area (Å²) in [4.78, 5) is 7.53. The first-order valence-corrected chi connectivity index (χ1v) is 7.55. The van der Waals surface area contributed by atoms with Crippen molar-refractivity contribution >= 4 is 0 Å². The number of nitrogens with zero attached hydrogens (tertiary/aromatic N) is 1. The monoisotopic (exact) mass is 249 g/mol. The minimum atomic E-state index is 0.340. The van der Waals surface area contributed by atoms with Gasteiger partial charge in [-0.15, -0.1) is 0 Å². The van der Waals surface area contributed by atoms with E-state index in [0.717, 1.165) is 11.7 Å². The summed E-state index contributed by atoms with van der Waals surface area (Å²) in [6.45, 7) is 4.51. The summed E-state index contributed by atoms with van der Waals surface area (Å²) >= 11 is 0. The van der Waals surface area contributed by atoms with Crippen LogP contribution in [0.3, 0.4) is 0 Å². The number of imidazole rings is 1. The number of H-pyrrole nitrogens is 1. The van der Waals surface area contributed by atoms with Gasteiger partial charge in [0.15, 0.2) is 0 Å². The highest BCUT2D eigenvalue weighted by atomic mass is 15.0. The first-order chi connectivity index (χ1) is 8.79. The van der Waals surface area contributed by atoms with E-state index in [1.807, 2.05) is 12.4 Å². The lowest BCUT2D eigenvalue weighted by Crippen LogP contribution is -2.31. The summed E-state index contributed by atoms with van der Waals surface area (Å²) in [5, 5.41) is 3.73. The van der Waals surface area contributed by atoms with E-state index < -0.39 is 0 Å². The van der Waals surface area contributed by atoms with Crippen LogP contribution < -0.4 is 5.32 Å². The van der Waals surface area contributed by atoms with E-state index in [9.17, 15) is 0 Å². The fourth-order valence-electron chi connectivity index (χ4n) is 3.19. The van der Waals surface area contributed by atoms with Crippen molar-refractivity contribution in [1.29, 1.82) is 0 Å². The third kappa shape index (κ3) is 3.84. The van der Waals surface area contributed by atoms with Crippen molar-refractivity contribution in [3.63, 3.8) is 0 Å². The van der Waals surface area contributed by atoms with E-state index in [2.05, 4.69) is 29.1 Å². The van der Waals surface area contributed by atoms with Gasteiger partial charge < -0.3 is 10.3 Å². The molecule has 102 valence electrons. The summed E-state index contributed by atoms with van der Waals surface area (Å²) in [6, 6.07) is 1.01. The predicted octanol–water partition coefficient (Wildman–Crippen LogP) is 3.81. The molecule has 3 nitrogen and oxygen atoms in total. The minimum Gasteiger partial charge on any atom is -0.347 e. The van der Waals surface area contributed by atoms with Gasteiger partial charge >= 0.3 is 0 Å². The standard InChI is InChI=1S/C15H27N3/c1-3-5-13-6-4-7-14(9-8-13)18-12(2)15-16-10-11-17-15/h10-14,18H,3-9H2,1-2H3,(H,16,17). The second-order valence-electron chi connectivity index (χ2n) is 5.72. The van der Waals surface area contributed by atoms with Crippen molar-refractivity contribution in [2.24, 2.45) is 5.92 Å². The molecule has 0 aliphatic heterocycles. The second kappa shape index (κ2) is 6.93. The molecule has 0 radical (unpaired) electrons. The average Bonchev–Trinajstić information content (AvgIpc) is 2.81. The van der Waals surface area contributed by atoms with Crippen LogP contribution in [-0.4, -0.2) is 16.0 Å². The fourth-order valence-corrected chi connectivity index (χ4v) is 3.19. The van der Waals surface area contributed by atoms with Crippen molar-refractivity contribution in [3.8, 4) is 0 Å². The van der Waals surface area contributed by atoms with Crippen molar-refractivity contribution in [2.45, 2.75) is 70.9 Å². The molecule has 1 aromatic heterocycles. The Morgan fingerprint density at radius 1 is 1.39 bits per heavy atom. The van der Waals surface area contributed by atoms with Crippen molar-refractivity contribution in [3.05, 3.63) is 18.2 Å². The van der Waals surface area contributed by atoms with E-state index in [-0.39, 0.29) is 0 Å². The van der Waals surface area contributed by atoms with Crippen LogP contribution in [-0.2, 0) is 0 Å². The van der Waals surface area contributed by atoms with Crippen LogP contribution in [0.5, 0.6) is 0 Å². The minimum absolute atomic E-state index is 0.340. The largest absolute Gasteiger partial charge is 0.347 e. The van der Waals surface area contributed by atoms with Gasteiger partial charge in [-0.2, -0.15) is 0 Å². The van der Waals surface area contributed by atoms with E-state index in [0.29, 0.717) is 12.1 Å². The molecule has 0 aromatic carbocycles. The number of rotatable bonds is 5. The Morgan fingerprint density at radius 3 is 3.00 bits per heavy atom. The van der Waals surface area contributed by atoms with Crippen molar-refractivity contribution < 1.29 is 0 Å². The van der Waals surface area contributed by atoms with Crippen molar-refractivity contribution in [1.82, 2.24) is 15.3 Å². The van der Waals surface area contributed by atoms with Crippen LogP contribution in [0, 0.1) is 5.92 Å². The van der Waals surface area contributed by atoms with Gasteiger partial charge in [0, 0.05) is 18.4 Å². The molecular formula is C15H27N3. The van der Waals surface area contributed by atoms with Gasteiger partial charge in [-0.05, 0) is 32.1 Å². The molecule has 1 aromatic rings. The van der Waals surface area contributed by atoms with Crippen LogP contribution >= 0.6 is 0 Å². The lowest BCUT2D eigenvalue weighted by molar-refractivity contribution is 0.388. The van der Waals surface area contributed by atoms with E-state index >= 15 is 0 Å². The van der Waals surface area contributed by atoms with E-state index in [4.69, 9.17) is 0 Å². The van der Waals surface area contributed by atoms with Gasteiger partial charge in [0.25, 0.3) is 0 Å². The second-order valence-corrected chi connectivity index (χ2v) is 5.72. The zero-order valence-electron chi connectivity index (χ0n) is 11.8. The SMILES string of the molecule is CCCC1CCCC(NC(C)c2ncc[nH]2)CC1. The summed E-state index contributed by atoms with van der Waals surface area (Å²) in [7, 11) is 0. The summed E-state index contributed by atoms with van der Waals surface area (Å²) in [5.74, 6) is 2.03. The summed E-state index contributed by atoms with van der Waals surface area (Å²) < 4.78 is 0. The predicted molar refractivity (Wildman–Crippen MR) is 75.4 cm³/mol. The highest BCUT2D eigenvalue weighted by Gasteiger charge is 2.20. The molecule has 1 aliphatic carbocycles. The highest BCUT2D eigenvalue weighted by molar-refractivity contribution is 4.94. The van der Waals surface area contributed by atoms with Gasteiger partial charge in [0.05, 0.1) is 6.04 Å². The Labute approximate surface area is 111 Å². The lowest BCUT2D eigenvalue weighted by Gasteiger charge is -2.21. The van der Waals surface area contributed by atoms with Gasteiger partial charge in [-0.1, -0.05) is 32.6 Å². The summed E-state index contributed by atoms with van der Waals surface area (Å²) in [6.07, 6.45) is 13.4. The maximum absolute atomic E-state index is 4.33. The number of aromatic nitrogens is 2. The molecule has 0 spiro atoms. The summed E-state index contributed by atoms with van der Waals surface area (Å²) in [5.41, 5.74) is 0. The van der Waals surface area contributed by atoms with Crippen LogP contribution in [0.25, 0.3) is 0 Å². The van der Waals surface area contributed by atoms with Gasteiger partial charge in [-0.25, -0.2) is 4.98 Å². The normalized spacial score (nSPS) is 26.8. The Kier molecular flexibility index (Phi) is 5.24. The average molecular weight is 249 g/mol. The van der Waals surface area contributed by atoms with E-state index in [1.54, 1.807) is 0 Å². The zero-order valence-corrected chi connectivity index (χ0v) is 11.8. The van der Waals surface area contributed by atoms with E-state index in [1.165, 1.54) is 44.9 Å². The molecule has 1 aliphatic rings. The fraction of sp³-hybridized carbons (Fsp3) is 0.800. The molecule has 0 amide bonds. The molecule has 3 unspecified atom stereocenters. The molecule has 18 heavy (non-hydrogen) atoms. The molecular weight excluding hydrogens is 222 g/mol. The van der Waals surface area contributed by atoms with Crippen LogP contribution in [0.1, 0.15) is 70.7 Å². The smallest absolute Gasteiger partial charge is 0.122 e. The lowest BCUT2D eigenvalue weighted by atomic mass is 9.95. The van der Waals surface area contributed by atoms with Crippen LogP contribution in [0.15, 0.2) is 12.4 Å². The van der Waals surface area contributed by atoms with Gasteiger partial charge in [-0.3, -0.25) is 0 Å². The van der Waals surface area contributed by atoms with Crippen LogP contribution in [0.2, 0.25) is 0 Å². The zero-order chi connectivity index (χ0) is 12.8. The van der Waals surface area contributed by atoms with Crippen LogP contribution in [0.4, 0.5) is 0 Å². The number of nitrogens with one attached hydrogen (secondary N) is 2. The van der Waals surface area contributed by atoms with Gasteiger partial charge in [0.1, 0.15) is 5.82 Å². The highest BCUT2D eigenvalue weighted by Crippen LogP contribution is 2.27. The first-order valence-electron chi connectivity index (χ1n) is 7.55. The number of hydrogen-bond donors (Lipinski definition) is 2. The molecule has 1 heterocycles. The first kappa shape index (κ1) is 13.6. The molecule has 3 heteroatoms. The Bertz CT molecular complexity index is 320. The molecule has 3 atom stereocenters. The maximum atomic E-state index is 4.33.